The molecule has 0 aromatic rings. The summed E-state index contributed by atoms with van der Waals surface area (Å²) in [6.45, 7) is 5.56. The van der Waals surface area contributed by atoms with E-state index in [1.54, 1.807) is 19.1 Å². The van der Waals surface area contributed by atoms with Crippen LogP contribution in [0.15, 0.2) is 0 Å². The van der Waals surface area contributed by atoms with Crippen LogP contribution in [0, 0.1) is 0 Å². The molecule has 1 rings (SSSR count). The number of carbonyl (C=O) groups is 1. The molecule has 2 N–H and O–H groups in total. The minimum Gasteiger partial charge on any atom is -0.444 e. The van der Waals surface area contributed by atoms with Gasteiger partial charge >= 0.3 is 6.09 Å². The molecule has 1 aliphatic rings. The lowest BCUT2D eigenvalue weighted by atomic mass is 10.2. The molecule has 3 atom stereocenters. The third-order valence-corrected chi connectivity index (χ3v) is 2.99. The largest absolute Gasteiger partial charge is 0.444 e. The molecule has 5 heteroatoms. The first-order chi connectivity index (χ1) is 7.74. The van der Waals surface area contributed by atoms with Crippen molar-refractivity contribution in [3.63, 3.8) is 0 Å². The first-order valence-electron chi connectivity index (χ1n) is 5.99. The topological polar surface area (TPSA) is 64.8 Å². The van der Waals surface area contributed by atoms with Gasteiger partial charge < -0.3 is 20.1 Å². The zero-order valence-corrected chi connectivity index (χ0v) is 11.4. The van der Waals surface area contributed by atoms with Crippen LogP contribution in [0.25, 0.3) is 0 Å². The molecule has 1 saturated carbocycles. The third-order valence-electron chi connectivity index (χ3n) is 2.99. The van der Waals surface area contributed by atoms with Crippen LogP contribution < -0.4 is 5.73 Å². The van der Waals surface area contributed by atoms with Crippen LogP contribution in [0.1, 0.15) is 33.6 Å². The highest BCUT2D eigenvalue weighted by Crippen LogP contribution is 2.26. The summed E-state index contributed by atoms with van der Waals surface area (Å²) in [6.07, 6.45) is 1.23. The molecule has 1 amide bonds. The van der Waals surface area contributed by atoms with Crippen LogP contribution in [0.4, 0.5) is 4.79 Å². The normalized spacial score (nSPS) is 29.2. The Labute approximate surface area is 103 Å². The van der Waals surface area contributed by atoms with E-state index in [1.165, 1.54) is 0 Å². The molecule has 0 spiro atoms. The Kier molecular flexibility index (Phi) is 4.38. The van der Waals surface area contributed by atoms with Gasteiger partial charge in [-0.1, -0.05) is 0 Å². The molecule has 0 bridgehead atoms. The molecule has 1 fully saturated rings. The Morgan fingerprint density at radius 2 is 1.94 bits per heavy atom. The summed E-state index contributed by atoms with van der Waals surface area (Å²) in [4.78, 5) is 13.5. The van der Waals surface area contributed by atoms with Crippen molar-refractivity contribution in [2.45, 2.75) is 57.4 Å². The van der Waals surface area contributed by atoms with Crippen LogP contribution in [0.2, 0.25) is 0 Å². The number of likely N-dealkylation sites (N-methyl/N-ethyl adjacent to an activating group) is 1. The Balaban J connectivity index is 2.62. The van der Waals surface area contributed by atoms with Crippen LogP contribution in [0.3, 0.4) is 0 Å². The first kappa shape index (κ1) is 14.3. The van der Waals surface area contributed by atoms with Crippen molar-refractivity contribution in [2.75, 3.05) is 14.2 Å². The maximum Gasteiger partial charge on any atom is 0.410 e. The highest BCUT2D eigenvalue weighted by Gasteiger charge is 2.38. The zero-order valence-electron chi connectivity index (χ0n) is 11.4. The smallest absolute Gasteiger partial charge is 0.410 e. The average molecular weight is 244 g/mol. The number of ether oxygens (including phenoxy) is 2. The standard InChI is InChI=1S/C12H24N2O3/c1-12(2,3)17-11(15)14(4)9-6-8(13)7-10(9)16-5/h8-10H,6-7,13H2,1-5H3/t8-,9+,10-/m1/s1. The minimum atomic E-state index is -0.478. The maximum absolute atomic E-state index is 11.9. The maximum atomic E-state index is 11.9. The molecule has 0 saturated heterocycles. The van der Waals surface area contributed by atoms with E-state index in [4.69, 9.17) is 15.2 Å². The Morgan fingerprint density at radius 3 is 2.41 bits per heavy atom. The Bertz CT molecular complexity index is 275. The van der Waals surface area contributed by atoms with E-state index < -0.39 is 5.60 Å². The lowest BCUT2D eigenvalue weighted by Gasteiger charge is -2.31. The molecule has 0 aromatic carbocycles. The summed E-state index contributed by atoms with van der Waals surface area (Å²) in [5.74, 6) is 0. The van der Waals surface area contributed by atoms with E-state index in [0.29, 0.717) is 0 Å². The molecular weight excluding hydrogens is 220 g/mol. The fourth-order valence-electron chi connectivity index (χ4n) is 2.14. The molecule has 0 aromatic heterocycles. The van der Waals surface area contributed by atoms with Gasteiger partial charge in [-0.05, 0) is 33.6 Å². The summed E-state index contributed by atoms with van der Waals surface area (Å²) < 4.78 is 10.7. The van der Waals surface area contributed by atoms with Gasteiger partial charge in [0.1, 0.15) is 5.60 Å². The molecule has 0 unspecified atom stereocenters. The summed E-state index contributed by atoms with van der Waals surface area (Å²) in [7, 11) is 3.39. The van der Waals surface area contributed by atoms with Gasteiger partial charge in [0.25, 0.3) is 0 Å². The molecular formula is C12H24N2O3. The second kappa shape index (κ2) is 5.23. The summed E-state index contributed by atoms with van der Waals surface area (Å²) in [5, 5.41) is 0. The SMILES string of the molecule is CO[C@@H]1C[C@H](N)C[C@@H]1N(C)C(=O)OC(C)(C)C. The van der Waals surface area contributed by atoms with Crippen molar-refractivity contribution < 1.29 is 14.3 Å². The van der Waals surface area contributed by atoms with Crippen LogP contribution in [-0.2, 0) is 9.47 Å². The van der Waals surface area contributed by atoms with Gasteiger partial charge in [0.05, 0.1) is 12.1 Å². The van der Waals surface area contributed by atoms with E-state index >= 15 is 0 Å². The van der Waals surface area contributed by atoms with Crippen molar-refractivity contribution in [3.05, 3.63) is 0 Å². The lowest BCUT2D eigenvalue weighted by Crippen LogP contribution is -2.44. The Morgan fingerprint density at radius 1 is 1.35 bits per heavy atom. The minimum absolute atomic E-state index is 0.00233. The highest BCUT2D eigenvalue weighted by atomic mass is 16.6. The predicted molar refractivity (Wildman–Crippen MR) is 65.8 cm³/mol. The second-order valence-electron chi connectivity index (χ2n) is 5.66. The molecule has 0 heterocycles. The molecule has 0 radical (unpaired) electrons. The summed E-state index contributed by atoms with van der Waals surface area (Å²) in [6, 6.07) is 0.0969. The summed E-state index contributed by atoms with van der Waals surface area (Å²) >= 11 is 0. The lowest BCUT2D eigenvalue weighted by molar-refractivity contribution is -0.000459. The number of rotatable bonds is 2. The second-order valence-corrected chi connectivity index (χ2v) is 5.66. The number of carbonyl (C=O) groups excluding carboxylic acids is 1. The fraction of sp³-hybridized carbons (Fsp3) is 0.917. The van der Waals surface area contributed by atoms with E-state index in [1.807, 2.05) is 20.8 Å². The number of hydrogen-bond acceptors (Lipinski definition) is 4. The number of nitrogens with two attached hydrogens (primary N) is 1. The van der Waals surface area contributed by atoms with Gasteiger partial charge in [-0.2, -0.15) is 0 Å². The number of nitrogens with zero attached hydrogens (tertiary/aromatic N) is 1. The van der Waals surface area contributed by atoms with E-state index in [2.05, 4.69) is 0 Å². The van der Waals surface area contributed by atoms with E-state index in [0.717, 1.165) is 12.8 Å². The quantitative estimate of drug-likeness (QED) is 0.796. The van der Waals surface area contributed by atoms with Crippen LogP contribution in [0.5, 0.6) is 0 Å². The molecule has 0 aliphatic heterocycles. The van der Waals surface area contributed by atoms with Gasteiger partial charge in [0.2, 0.25) is 0 Å². The van der Waals surface area contributed by atoms with Crippen molar-refractivity contribution >= 4 is 6.09 Å². The fourth-order valence-corrected chi connectivity index (χ4v) is 2.14. The van der Waals surface area contributed by atoms with Gasteiger partial charge in [-0.25, -0.2) is 4.79 Å². The number of methoxy groups -OCH3 is 1. The van der Waals surface area contributed by atoms with Gasteiger partial charge in [-0.15, -0.1) is 0 Å². The molecule has 17 heavy (non-hydrogen) atoms. The van der Waals surface area contributed by atoms with Crippen molar-refractivity contribution in [3.8, 4) is 0 Å². The molecule has 1 aliphatic carbocycles. The van der Waals surface area contributed by atoms with Crippen LogP contribution in [-0.4, -0.2) is 48.9 Å². The number of hydrogen-bond donors (Lipinski definition) is 1. The molecule has 5 nitrogen and oxygen atoms in total. The third kappa shape index (κ3) is 3.85. The van der Waals surface area contributed by atoms with Gasteiger partial charge in [-0.3, -0.25) is 0 Å². The van der Waals surface area contributed by atoms with E-state index in [-0.39, 0.29) is 24.3 Å². The van der Waals surface area contributed by atoms with Gasteiger partial charge in [0.15, 0.2) is 0 Å². The predicted octanol–water partition coefficient (Wildman–Crippen LogP) is 1.36. The van der Waals surface area contributed by atoms with Crippen molar-refractivity contribution in [1.29, 1.82) is 0 Å². The van der Waals surface area contributed by atoms with E-state index in [9.17, 15) is 4.79 Å². The number of amides is 1. The van der Waals surface area contributed by atoms with Crippen molar-refractivity contribution in [1.82, 2.24) is 4.90 Å². The highest BCUT2D eigenvalue weighted by molar-refractivity contribution is 5.68. The zero-order chi connectivity index (χ0) is 13.2. The van der Waals surface area contributed by atoms with Crippen LogP contribution >= 0.6 is 0 Å². The Hall–Kier alpha value is -0.810. The summed E-state index contributed by atoms with van der Waals surface area (Å²) in [5.41, 5.74) is 5.42. The first-order valence-corrected chi connectivity index (χ1v) is 5.99. The van der Waals surface area contributed by atoms with Crippen molar-refractivity contribution in [2.24, 2.45) is 5.73 Å². The molecule has 100 valence electrons. The average Bonchev–Trinajstić information content (AvgIpc) is 2.55. The monoisotopic (exact) mass is 244 g/mol. The van der Waals surface area contributed by atoms with Gasteiger partial charge in [0, 0.05) is 20.2 Å².